The van der Waals surface area contributed by atoms with Crippen LogP contribution < -0.4 is 10.6 Å². The number of aliphatic carboxylic acids is 1. The van der Waals surface area contributed by atoms with E-state index >= 15 is 0 Å². The van der Waals surface area contributed by atoms with E-state index in [1.54, 1.807) is 10.7 Å². The van der Waals surface area contributed by atoms with E-state index in [0.29, 0.717) is 18.7 Å². The largest absolute Gasteiger partial charge is 0.481 e. The highest BCUT2D eigenvalue weighted by Gasteiger charge is 2.44. The molecule has 0 saturated heterocycles. The van der Waals surface area contributed by atoms with Crippen LogP contribution in [0.25, 0.3) is 0 Å². The molecule has 2 rings (SSSR count). The van der Waals surface area contributed by atoms with E-state index in [4.69, 9.17) is 0 Å². The van der Waals surface area contributed by atoms with Crippen LogP contribution in [0.2, 0.25) is 0 Å². The standard InChI is InChI=1S/C13H20N4O3/c1-3-9-7-10(16-17(9)2)15-12(20)14-8-13(11(18)19)5-4-6-13/h7H,3-6,8H2,1-2H3,(H,18,19)(H2,14,15,16,20). The van der Waals surface area contributed by atoms with Gasteiger partial charge in [0, 0.05) is 25.4 Å². The molecule has 7 heteroatoms. The number of carbonyl (C=O) groups is 2. The van der Waals surface area contributed by atoms with Crippen molar-refractivity contribution in [3.8, 4) is 0 Å². The van der Waals surface area contributed by atoms with Crippen molar-refractivity contribution in [3.63, 3.8) is 0 Å². The molecule has 0 bridgehead atoms. The van der Waals surface area contributed by atoms with Gasteiger partial charge in [0.2, 0.25) is 0 Å². The molecule has 3 N–H and O–H groups in total. The van der Waals surface area contributed by atoms with Crippen molar-refractivity contribution in [1.82, 2.24) is 15.1 Å². The Morgan fingerprint density at radius 2 is 2.20 bits per heavy atom. The second kappa shape index (κ2) is 5.52. The van der Waals surface area contributed by atoms with E-state index in [2.05, 4.69) is 15.7 Å². The summed E-state index contributed by atoms with van der Waals surface area (Å²) >= 11 is 0. The molecule has 1 aromatic rings. The minimum Gasteiger partial charge on any atom is -0.481 e. The highest BCUT2D eigenvalue weighted by Crippen LogP contribution is 2.40. The van der Waals surface area contributed by atoms with E-state index in [9.17, 15) is 14.7 Å². The molecular weight excluding hydrogens is 260 g/mol. The Labute approximate surface area is 117 Å². The van der Waals surface area contributed by atoms with E-state index in [-0.39, 0.29) is 6.54 Å². The summed E-state index contributed by atoms with van der Waals surface area (Å²) in [7, 11) is 1.82. The number of rotatable bonds is 5. The van der Waals surface area contributed by atoms with E-state index in [1.807, 2.05) is 14.0 Å². The first-order chi connectivity index (χ1) is 9.47. The number of amides is 2. The molecule has 7 nitrogen and oxygen atoms in total. The number of nitrogens with zero attached hydrogens (tertiary/aromatic N) is 2. The number of hydrogen-bond acceptors (Lipinski definition) is 3. The van der Waals surface area contributed by atoms with Crippen LogP contribution in [-0.4, -0.2) is 33.4 Å². The highest BCUT2D eigenvalue weighted by atomic mass is 16.4. The maximum atomic E-state index is 11.8. The van der Waals surface area contributed by atoms with Crippen molar-refractivity contribution >= 4 is 17.8 Å². The van der Waals surface area contributed by atoms with Crippen LogP contribution in [0, 0.1) is 5.41 Å². The van der Waals surface area contributed by atoms with E-state index in [0.717, 1.165) is 18.5 Å². The highest BCUT2D eigenvalue weighted by molar-refractivity contribution is 5.88. The average Bonchev–Trinajstić information content (AvgIpc) is 2.67. The molecule has 1 heterocycles. The van der Waals surface area contributed by atoms with Crippen LogP contribution in [0.1, 0.15) is 31.9 Å². The smallest absolute Gasteiger partial charge is 0.320 e. The third-order valence-corrected chi connectivity index (χ3v) is 3.93. The summed E-state index contributed by atoms with van der Waals surface area (Å²) in [6.07, 6.45) is 2.96. The first kappa shape index (κ1) is 14.4. The van der Waals surface area contributed by atoms with Gasteiger partial charge in [-0.05, 0) is 19.3 Å². The van der Waals surface area contributed by atoms with Crippen LogP contribution in [-0.2, 0) is 18.3 Å². The van der Waals surface area contributed by atoms with Crippen molar-refractivity contribution in [3.05, 3.63) is 11.8 Å². The first-order valence-electron chi connectivity index (χ1n) is 6.78. The number of carboxylic acid groups (broad SMARTS) is 1. The number of nitrogens with one attached hydrogen (secondary N) is 2. The number of aryl methyl sites for hydroxylation is 2. The van der Waals surface area contributed by atoms with E-state index < -0.39 is 17.4 Å². The van der Waals surface area contributed by atoms with Gasteiger partial charge in [-0.2, -0.15) is 5.10 Å². The zero-order valence-electron chi connectivity index (χ0n) is 11.8. The lowest BCUT2D eigenvalue weighted by atomic mass is 9.69. The molecule has 0 aromatic carbocycles. The number of carboxylic acids is 1. The molecule has 1 aromatic heterocycles. The molecule has 1 saturated carbocycles. The summed E-state index contributed by atoms with van der Waals surface area (Å²) in [5.74, 6) is -0.366. The van der Waals surface area contributed by atoms with Gasteiger partial charge in [-0.1, -0.05) is 13.3 Å². The fraction of sp³-hybridized carbons (Fsp3) is 0.615. The van der Waals surface area contributed by atoms with Crippen LogP contribution in [0.4, 0.5) is 10.6 Å². The van der Waals surface area contributed by atoms with Gasteiger partial charge < -0.3 is 10.4 Å². The Morgan fingerprint density at radius 3 is 2.65 bits per heavy atom. The minimum atomic E-state index is -0.838. The molecule has 0 aliphatic heterocycles. The van der Waals surface area contributed by atoms with Gasteiger partial charge in [0.05, 0.1) is 5.41 Å². The molecule has 0 unspecified atom stereocenters. The van der Waals surface area contributed by atoms with Crippen LogP contribution in [0.15, 0.2) is 6.07 Å². The molecule has 1 aliphatic carbocycles. The monoisotopic (exact) mass is 280 g/mol. The lowest BCUT2D eigenvalue weighted by Gasteiger charge is -2.37. The van der Waals surface area contributed by atoms with Crippen molar-refractivity contribution in [1.29, 1.82) is 0 Å². The van der Waals surface area contributed by atoms with Crippen molar-refractivity contribution < 1.29 is 14.7 Å². The second-order valence-corrected chi connectivity index (χ2v) is 5.24. The number of anilines is 1. The Balaban J connectivity index is 1.87. The molecule has 1 aliphatic rings. The van der Waals surface area contributed by atoms with Gasteiger partial charge in [-0.25, -0.2) is 4.79 Å². The maximum absolute atomic E-state index is 11.8. The number of urea groups is 1. The topological polar surface area (TPSA) is 96.2 Å². The summed E-state index contributed by atoms with van der Waals surface area (Å²) < 4.78 is 1.71. The zero-order valence-corrected chi connectivity index (χ0v) is 11.8. The summed E-state index contributed by atoms with van der Waals surface area (Å²) in [4.78, 5) is 22.9. The molecule has 0 radical (unpaired) electrons. The Bertz CT molecular complexity index is 520. The third kappa shape index (κ3) is 2.76. The van der Waals surface area contributed by atoms with E-state index in [1.165, 1.54) is 0 Å². The third-order valence-electron chi connectivity index (χ3n) is 3.93. The molecule has 1 fully saturated rings. The number of hydrogen-bond donors (Lipinski definition) is 3. The lowest BCUT2D eigenvalue weighted by Crippen LogP contribution is -2.48. The summed E-state index contributed by atoms with van der Waals surface area (Å²) in [6.45, 7) is 2.16. The quantitative estimate of drug-likeness (QED) is 0.758. The SMILES string of the molecule is CCc1cc(NC(=O)NCC2(C(=O)O)CCC2)nn1C. The van der Waals surface area contributed by atoms with Gasteiger partial charge in [0.25, 0.3) is 0 Å². The zero-order chi connectivity index (χ0) is 14.8. The Kier molecular flexibility index (Phi) is 3.96. The van der Waals surface area contributed by atoms with Gasteiger partial charge in [-0.3, -0.25) is 14.8 Å². The van der Waals surface area contributed by atoms with Gasteiger partial charge in [-0.15, -0.1) is 0 Å². The fourth-order valence-electron chi connectivity index (χ4n) is 2.38. The first-order valence-corrected chi connectivity index (χ1v) is 6.78. The predicted molar refractivity (Wildman–Crippen MR) is 73.5 cm³/mol. The van der Waals surface area contributed by atoms with Gasteiger partial charge in [0.15, 0.2) is 5.82 Å². The van der Waals surface area contributed by atoms with Crippen molar-refractivity contribution in [2.45, 2.75) is 32.6 Å². The summed E-state index contributed by atoms with van der Waals surface area (Å²) in [5, 5.41) is 18.6. The normalized spacial score (nSPS) is 16.3. The predicted octanol–water partition coefficient (Wildman–Crippen LogP) is 1.36. The molecule has 20 heavy (non-hydrogen) atoms. The molecule has 2 amide bonds. The van der Waals surface area contributed by atoms with Crippen LogP contribution >= 0.6 is 0 Å². The summed E-state index contributed by atoms with van der Waals surface area (Å²) in [5.41, 5.74) is 0.233. The molecule has 110 valence electrons. The number of aromatic nitrogens is 2. The molecule has 0 spiro atoms. The van der Waals surface area contributed by atoms with Gasteiger partial charge in [0.1, 0.15) is 0 Å². The minimum absolute atomic E-state index is 0.154. The Hall–Kier alpha value is -2.05. The van der Waals surface area contributed by atoms with Crippen molar-refractivity contribution in [2.24, 2.45) is 12.5 Å². The van der Waals surface area contributed by atoms with Gasteiger partial charge >= 0.3 is 12.0 Å². The maximum Gasteiger partial charge on any atom is 0.320 e. The fourth-order valence-corrected chi connectivity index (χ4v) is 2.38. The van der Waals surface area contributed by atoms with Crippen molar-refractivity contribution in [2.75, 3.05) is 11.9 Å². The second-order valence-electron chi connectivity index (χ2n) is 5.24. The molecule has 0 atom stereocenters. The van der Waals surface area contributed by atoms with Crippen LogP contribution in [0.3, 0.4) is 0 Å². The molecular formula is C13H20N4O3. The Morgan fingerprint density at radius 1 is 1.50 bits per heavy atom. The number of carbonyl (C=O) groups excluding carboxylic acids is 1. The lowest BCUT2D eigenvalue weighted by molar-refractivity contribution is -0.153. The average molecular weight is 280 g/mol. The van der Waals surface area contributed by atoms with Crippen LogP contribution in [0.5, 0.6) is 0 Å². The summed E-state index contributed by atoms with van der Waals surface area (Å²) in [6, 6.07) is 1.38.